The van der Waals surface area contributed by atoms with Gasteiger partial charge in [-0.1, -0.05) is 12.1 Å². The quantitative estimate of drug-likeness (QED) is 0.542. The van der Waals surface area contributed by atoms with E-state index in [9.17, 15) is 10.0 Å². The second kappa shape index (κ2) is 3.48. The summed E-state index contributed by atoms with van der Waals surface area (Å²) in [4.78, 5) is 19.9. The average molecular weight is 225 g/mol. The van der Waals surface area contributed by atoms with Gasteiger partial charge in [0, 0.05) is 18.5 Å². The minimum atomic E-state index is -0.332. The lowest BCUT2D eigenvalue weighted by molar-refractivity contribution is -0.355. The summed E-state index contributed by atoms with van der Waals surface area (Å²) in [5.74, 6) is -0.175. The number of carbonyl (C=O) groups excluding carboxylic acids is 1. The Labute approximate surface area is 96.7 Å². The summed E-state index contributed by atoms with van der Waals surface area (Å²) in [7, 11) is 0. The maximum absolute atomic E-state index is 12.0. The molecule has 0 aliphatic carbocycles. The monoisotopic (exact) mass is 225 g/mol. The molecule has 17 heavy (non-hydrogen) atoms. The Bertz CT molecular complexity index is 635. The van der Waals surface area contributed by atoms with Gasteiger partial charge < -0.3 is 5.21 Å². The molecule has 2 aromatic rings. The van der Waals surface area contributed by atoms with Crippen LogP contribution in [-0.2, 0) is 0 Å². The number of aromatic nitrogens is 2. The predicted molar refractivity (Wildman–Crippen MR) is 60.2 cm³/mol. The Balaban J connectivity index is 2.22. The molecule has 0 bridgehead atoms. The number of para-hydroxylation sites is 1. The first-order valence-electron chi connectivity index (χ1n) is 5.04. The molecule has 0 amide bonds. The van der Waals surface area contributed by atoms with E-state index in [1.807, 2.05) is 0 Å². The van der Waals surface area contributed by atoms with Gasteiger partial charge in [0.25, 0.3) is 5.78 Å². The molecular formula is C12H7N3O2. The molecule has 0 saturated heterocycles. The van der Waals surface area contributed by atoms with Crippen molar-refractivity contribution in [3.8, 4) is 0 Å². The first kappa shape index (κ1) is 9.65. The van der Waals surface area contributed by atoms with E-state index < -0.39 is 0 Å². The Morgan fingerprint density at radius 2 is 1.76 bits per heavy atom. The van der Waals surface area contributed by atoms with Crippen LogP contribution in [0.15, 0.2) is 42.7 Å². The highest BCUT2D eigenvalue weighted by atomic mass is 16.5. The summed E-state index contributed by atoms with van der Waals surface area (Å²) >= 11 is 0. The van der Waals surface area contributed by atoms with E-state index in [0.717, 1.165) is 0 Å². The lowest BCUT2D eigenvalue weighted by Crippen LogP contribution is -2.19. The zero-order valence-electron chi connectivity index (χ0n) is 8.70. The Morgan fingerprint density at radius 3 is 2.47 bits per heavy atom. The molecule has 0 atom stereocenters. The summed E-state index contributed by atoms with van der Waals surface area (Å²) in [5, 5.41) is 12.0. The zero-order chi connectivity index (χ0) is 11.8. The van der Waals surface area contributed by atoms with Gasteiger partial charge in [-0.25, -0.2) is 9.97 Å². The lowest BCUT2D eigenvalue weighted by Gasteiger charge is -1.99. The van der Waals surface area contributed by atoms with E-state index in [2.05, 4.69) is 9.97 Å². The molecule has 0 N–H and O–H groups in total. The van der Waals surface area contributed by atoms with Crippen LogP contribution in [-0.4, -0.2) is 26.2 Å². The molecule has 0 saturated carbocycles. The minimum Gasteiger partial charge on any atom is -0.618 e. The van der Waals surface area contributed by atoms with E-state index in [-0.39, 0.29) is 17.3 Å². The van der Waals surface area contributed by atoms with Crippen molar-refractivity contribution < 1.29 is 9.53 Å². The van der Waals surface area contributed by atoms with Crippen LogP contribution in [0.1, 0.15) is 16.2 Å². The molecule has 1 aromatic heterocycles. The molecule has 0 unspecified atom stereocenters. The van der Waals surface area contributed by atoms with Crippen LogP contribution in [0, 0.1) is 5.21 Å². The largest absolute Gasteiger partial charge is 0.618 e. The topological polar surface area (TPSA) is 68.9 Å². The third kappa shape index (κ3) is 1.32. The third-order valence-electron chi connectivity index (χ3n) is 2.56. The van der Waals surface area contributed by atoms with Crippen molar-refractivity contribution in [2.45, 2.75) is 0 Å². The fraction of sp³-hybridized carbons (Fsp3) is 0. The first-order chi connectivity index (χ1) is 8.29. The van der Waals surface area contributed by atoms with Crippen molar-refractivity contribution in [2.24, 2.45) is 0 Å². The Kier molecular flexibility index (Phi) is 1.98. The lowest BCUT2D eigenvalue weighted by atomic mass is 10.1. The van der Waals surface area contributed by atoms with Gasteiger partial charge in [-0.05, 0) is 12.1 Å². The highest BCUT2D eigenvalue weighted by Crippen LogP contribution is 2.26. The zero-order valence-corrected chi connectivity index (χ0v) is 8.70. The molecule has 1 aromatic carbocycles. The number of fused-ring (bicyclic) bond motifs is 1. The van der Waals surface area contributed by atoms with Gasteiger partial charge in [0.2, 0.25) is 11.5 Å². The van der Waals surface area contributed by atoms with Crippen molar-refractivity contribution in [2.75, 3.05) is 0 Å². The van der Waals surface area contributed by atoms with Gasteiger partial charge in [0.15, 0.2) is 0 Å². The Morgan fingerprint density at radius 1 is 1.06 bits per heavy atom. The molecule has 3 rings (SSSR count). The number of Topliss-reactive ketones (excluding diaryl/α,β-unsaturated/α-hetero) is 1. The van der Waals surface area contributed by atoms with Gasteiger partial charge in [-0.3, -0.25) is 4.79 Å². The molecule has 1 aliphatic heterocycles. The van der Waals surface area contributed by atoms with E-state index in [4.69, 9.17) is 0 Å². The summed E-state index contributed by atoms with van der Waals surface area (Å²) in [6, 6.07) is 8.30. The molecule has 5 nitrogen and oxygen atoms in total. The van der Waals surface area contributed by atoms with E-state index in [1.165, 1.54) is 12.4 Å². The molecule has 0 radical (unpaired) electrons. The van der Waals surface area contributed by atoms with Crippen LogP contribution in [0.3, 0.4) is 0 Å². The van der Waals surface area contributed by atoms with Crippen molar-refractivity contribution in [3.63, 3.8) is 0 Å². The van der Waals surface area contributed by atoms with Crippen LogP contribution in [0.5, 0.6) is 0 Å². The SMILES string of the molecule is O=C1C(c2ncccn2)=[N+]([O-])c2ccccc21. The molecular weight excluding hydrogens is 218 g/mol. The molecule has 5 heteroatoms. The molecule has 2 heterocycles. The number of nitrogens with zero attached hydrogens (tertiary/aromatic N) is 3. The Hall–Kier alpha value is -2.56. The van der Waals surface area contributed by atoms with Crippen molar-refractivity contribution in [1.29, 1.82) is 0 Å². The number of hydrogen-bond donors (Lipinski definition) is 0. The molecule has 1 aliphatic rings. The standard InChI is InChI=1S/C12H7N3O2/c16-11-8-4-1-2-5-9(8)15(17)10(11)12-13-6-3-7-14-12/h1-7H. The highest BCUT2D eigenvalue weighted by Gasteiger charge is 2.37. The second-order valence-corrected chi connectivity index (χ2v) is 3.56. The second-order valence-electron chi connectivity index (χ2n) is 3.56. The summed E-state index contributed by atoms with van der Waals surface area (Å²) in [6.45, 7) is 0. The van der Waals surface area contributed by atoms with Crippen molar-refractivity contribution in [1.82, 2.24) is 9.97 Å². The van der Waals surface area contributed by atoms with E-state index >= 15 is 0 Å². The van der Waals surface area contributed by atoms with Gasteiger partial charge in [-0.15, -0.1) is 0 Å². The normalized spacial score (nSPS) is 14.0. The number of carbonyl (C=O) groups is 1. The number of ketones is 1. The van der Waals surface area contributed by atoms with Crippen LogP contribution in [0.25, 0.3) is 0 Å². The first-order valence-corrected chi connectivity index (χ1v) is 5.04. The third-order valence-corrected chi connectivity index (χ3v) is 2.56. The van der Waals surface area contributed by atoms with Crippen LogP contribution in [0.2, 0.25) is 0 Å². The van der Waals surface area contributed by atoms with Crippen LogP contribution >= 0.6 is 0 Å². The average Bonchev–Trinajstić information content (AvgIpc) is 2.64. The number of benzene rings is 1. The smallest absolute Gasteiger partial charge is 0.310 e. The van der Waals surface area contributed by atoms with Gasteiger partial charge in [0.05, 0.1) is 0 Å². The summed E-state index contributed by atoms with van der Waals surface area (Å²) < 4.78 is 0.590. The highest BCUT2D eigenvalue weighted by molar-refractivity contribution is 6.51. The maximum Gasteiger partial charge on any atom is 0.310 e. The predicted octanol–water partition coefficient (Wildman–Crippen LogP) is 1.30. The summed E-state index contributed by atoms with van der Waals surface area (Å²) in [5.41, 5.74) is 0.719. The van der Waals surface area contributed by atoms with Crippen molar-refractivity contribution >= 4 is 17.2 Å². The number of hydrogen-bond acceptors (Lipinski definition) is 4. The molecule has 0 fully saturated rings. The minimum absolute atomic E-state index is 0.0215. The van der Waals surface area contributed by atoms with Gasteiger partial charge >= 0.3 is 5.71 Å². The van der Waals surface area contributed by atoms with E-state index in [0.29, 0.717) is 16.0 Å². The van der Waals surface area contributed by atoms with Gasteiger partial charge in [-0.2, -0.15) is 4.74 Å². The fourth-order valence-corrected chi connectivity index (χ4v) is 1.80. The number of rotatable bonds is 1. The summed E-state index contributed by atoms with van der Waals surface area (Å²) in [6.07, 6.45) is 3.00. The van der Waals surface area contributed by atoms with Crippen LogP contribution < -0.4 is 0 Å². The molecule has 82 valence electrons. The maximum atomic E-state index is 12.0. The van der Waals surface area contributed by atoms with Crippen molar-refractivity contribution in [3.05, 3.63) is 59.3 Å². The fourth-order valence-electron chi connectivity index (χ4n) is 1.80. The van der Waals surface area contributed by atoms with Crippen LogP contribution in [0.4, 0.5) is 5.69 Å². The van der Waals surface area contributed by atoms with Gasteiger partial charge in [0.1, 0.15) is 5.56 Å². The van der Waals surface area contributed by atoms with E-state index in [1.54, 1.807) is 30.3 Å². The molecule has 0 spiro atoms.